The maximum Gasteiger partial charge on any atom is 0.416 e. The Morgan fingerprint density at radius 3 is 2.44 bits per heavy atom. The summed E-state index contributed by atoms with van der Waals surface area (Å²) in [4.78, 5) is 12.0. The number of alkyl halides is 3. The van der Waals surface area contributed by atoms with Crippen molar-refractivity contribution in [1.29, 1.82) is 0 Å². The van der Waals surface area contributed by atoms with Gasteiger partial charge in [0.25, 0.3) is 0 Å². The Morgan fingerprint density at radius 1 is 1.33 bits per heavy atom. The lowest BCUT2D eigenvalue weighted by molar-refractivity contribution is -0.137. The Hall–Kier alpha value is -1.36. The van der Waals surface area contributed by atoms with Gasteiger partial charge in [0.2, 0.25) is 0 Å². The molecule has 0 bridgehead atoms. The smallest absolute Gasteiger partial charge is 0.319 e. The van der Waals surface area contributed by atoms with Gasteiger partial charge in [0, 0.05) is 5.56 Å². The van der Waals surface area contributed by atoms with Gasteiger partial charge in [0.05, 0.1) is 11.1 Å². The van der Waals surface area contributed by atoms with Crippen molar-refractivity contribution < 1.29 is 18.0 Å². The summed E-state index contributed by atoms with van der Waals surface area (Å²) in [6.45, 7) is 3.41. The standard InChI is InChI=1S/C13H16F3NO/c1-3-7-12(2,17)11(18)9-5-4-6-10(8-9)13(14,15)16/h4-6,8H,3,7,17H2,1-2H3. The summed E-state index contributed by atoms with van der Waals surface area (Å²) in [5.41, 5.74) is 3.88. The van der Waals surface area contributed by atoms with Crippen LogP contribution in [0.15, 0.2) is 24.3 Å². The second-order valence-electron chi connectivity index (χ2n) is 4.58. The summed E-state index contributed by atoms with van der Waals surface area (Å²) < 4.78 is 37.6. The maximum atomic E-state index is 12.5. The number of benzene rings is 1. The number of Topliss-reactive ketones (excluding diaryl/α,β-unsaturated/α-hetero) is 1. The molecule has 0 amide bonds. The average Bonchev–Trinajstić information content (AvgIpc) is 2.27. The van der Waals surface area contributed by atoms with Crippen LogP contribution in [0.25, 0.3) is 0 Å². The van der Waals surface area contributed by atoms with Gasteiger partial charge in [0.15, 0.2) is 5.78 Å². The van der Waals surface area contributed by atoms with Crippen molar-refractivity contribution in [3.05, 3.63) is 35.4 Å². The Kier molecular flexibility index (Phi) is 4.16. The van der Waals surface area contributed by atoms with Gasteiger partial charge in [-0.3, -0.25) is 4.79 Å². The van der Waals surface area contributed by atoms with Crippen molar-refractivity contribution in [3.8, 4) is 0 Å². The van der Waals surface area contributed by atoms with E-state index in [1.54, 1.807) is 6.92 Å². The molecule has 1 atom stereocenters. The molecule has 2 nitrogen and oxygen atoms in total. The lowest BCUT2D eigenvalue weighted by Gasteiger charge is -2.22. The normalized spacial score (nSPS) is 15.2. The minimum absolute atomic E-state index is 0.00303. The zero-order valence-corrected chi connectivity index (χ0v) is 10.3. The number of hydrogen-bond donors (Lipinski definition) is 1. The van der Waals surface area contributed by atoms with Crippen LogP contribution in [0.1, 0.15) is 42.6 Å². The first-order valence-corrected chi connectivity index (χ1v) is 5.69. The molecule has 0 heterocycles. The number of hydrogen-bond acceptors (Lipinski definition) is 2. The van der Waals surface area contributed by atoms with Crippen LogP contribution in [0.3, 0.4) is 0 Å². The highest BCUT2D eigenvalue weighted by Gasteiger charge is 2.33. The van der Waals surface area contributed by atoms with E-state index in [1.807, 2.05) is 6.92 Å². The molecule has 1 rings (SSSR count). The molecule has 5 heteroatoms. The molecule has 0 aromatic heterocycles. The van der Waals surface area contributed by atoms with Gasteiger partial charge in [-0.25, -0.2) is 0 Å². The van der Waals surface area contributed by atoms with Gasteiger partial charge in [-0.2, -0.15) is 13.2 Å². The summed E-state index contributed by atoms with van der Waals surface area (Å²) in [6, 6.07) is 4.37. The summed E-state index contributed by atoms with van der Waals surface area (Å²) >= 11 is 0. The Balaban J connectivity index is 3.08. The molecule has 1 aromatic rings. The Morgan fingerprint density at radius 2 is 1.94 bits per heavy atom. The molecule has 0 saturated heterocycles. The quantitative estimate of drug-likeness (QED) is 0.842. The summed E-state index contributed by atoms with van der Waals surface area (Å²) in [6.07, 6.45) is -3.33. The second-order valence-corrected chi connectivity index (χ2v) is 4.58. The fourth-order valence-electron chi connectivity index (χ4n) is 1.80. The third kappa shape index (κ3) is 3.32. The van der Waals surface area contributed by atoms with Crippen LogP contribution in [-0.2, 0) is 6.18 Å². The molecule has 0 aliphatic heterocycles. The molecule has 2 N–H and O–H groups in total. The molecule has 100 valence electrons. The number of nitrogens with two attached hydrogens (primary N) is 1. The molecule has 18 heavy (non-hydrogen) atoms. The van der Waals surface area contributed by atoms with Crippen molar-refractivity contribution >= 4 is 5.78 Å². The third-order valence-corrected chi connectivity index (χ3v) is 2.74. The SMILES string of the molecule is CCCC(C)(N)C(=O)c1cccc(C(F)(F)F)c1. The van der Waals surface area contributed by atoms with Crippen molar-refractivity contribution in [2.24, 2.45) is 5.73 Å². The molecule has 0 saturated carbocycles. The van der Waals surface area contributed by atoms with E-state index >= 15 is 0 Å². The van der Waals surface area contributed by atoms with E-state index < -0.39 is 23.1 Å². The van der Waals surface area contributed by atoms with Crippen LogP contribution in [0.5, 0.6) is 0 Å². The maximum absolute atomic E-state index is 12.5. The molecule has 0 aliphatic carbocycles. The fourth-order valence-corrected chi connectivity index (χ4v) is 1.80. The number of rotatable bonds is 4. The summed E-state index contributed by atoms with van der Waals surface area (Å²) in [5, 5.41) is 0. The lowest BCUT2D eigenvalue weighted by Crippen LogP contribution is -2.44. The highest BCUT2D eigenvalue weighted by molar-refractivity contribution is 6.02. The van der Waals surface area contributed by atoms with Crippen molar-refractivity contribution in [2.45, 2.75) is 38.4 Å². The van der Waals surface area contributed by atoms with E-state index in [2.05, 4.69) is 0 Å². The summed E-state index contributed by atoms with van der Waals surface area (Å²) in [5.74, 6) is -0.463. The summed E-state index contributed by atoms with van der Waals surface area (Å²) in [7, 11) is 0. The predicted octanol–water partition coefficient (Wildman–Crippen LogP) is 3.41. The first kappa shape index (κ1) is 14.7. The Bertz CT molecular complexity index is 438. The second kappa shape index (κ2) is 5.10. The molecule has 1 unspecified atom stereocenters. The molecule has 1 aromatic carbocycles. The van der Waals surface area contributed by atoms with Crippen LogP contribution in [0.4, 0.5) is 13.2 Å². The topological polar surface area (TPSA) is 43.1 Å². The monoisotopic (exact) mass is 259 g/mol. The molecule has 0 radical (unpaired) electrons. The van der Waals surface area contributed by atoms with Crippen LogP contribution in [-0.4, -0.2) is 11.3 Å². The van der Waals surface area contributed by atoms with Crippen LogP contribution in [0.2, 0.25) is 0 Å². The predicted molar refractivity (Wildman–Crippen MR) is 63.3 cm³/mol. The van der Waals surface area contributed by atoms with Gasteiger partial charge in [-0.15, -0.1) is 0 Å². The van der Waals surface area contributed by atoms with E-state index in [1.165, 1.54) is 12.1 Å². The van der Waals surface area contributed by atoms with E-state index in [-0.39, 0.29) is 5.56 Å². The van der Waals surface area contributed by atoms with Gasteiger partial charge >= 0.3 is 6.18 Å². The lowest BCUT2D eigenvalue weighted by atomic mass is 9.87. The van der Waals surface area contributed by atoms with E-state index in [0.717, 1.165) is 12.1 Å². The minimum atomic E-state index is -4.45. The highest BCUT2D eigenvalue weighted by Crippen LogP contribution is 2.30. The number of carbonyl (C=O) groups excluding carboxylic acids is 1. The van der Waals surface area contributed by atoms with E-state index in [4.69, 9.17) is 5.73 Å². The fraction of sp³-hybridized carbons (Fsp3) is 0.462. The van der Waals surface area contributed by atoms with Gasteiger partial charge in [-0.1, -0.05) is 25.5 Å². The largest absolute Gasteiger partial charge is 0.416 e. The third-order valence-electron chi connectivity index (χ3n) is 2.74. The van der Waals surface area contributed by atoms with Crippen molar-refractivity contribution in [3.63, 3.8) is 0 Å². The highest BCUT2D eigenvalue weighted by atomic mass is 19.4. The molecule has 0 aliphatic rings. The van der Waals surface area contributed by atoms with Crippen molar-refractivity contribution in [1.82, 2.24) is 0 Å². The van der Waals surface area contributed by atoms with Crippen LogP contribution in [0, 0.1) is 0 Å². The molecular formula is C13H16F3NO. The van der Waals surface area contributed by atoms with Gasteiger partial charge in [-0.05, 0) is 25.5 Å². The van der Waals surface area contributed by atoms with Crippen molar-refractivity contribution in [2.75, 3.05) is 0 Å². The van der Waals surface area contributed by atoms with Crippen LogP contribution < -0.4 is 5.73 Å². The zero-order chi connectivity index (χ0) is 14.0. The number of ketones is 1. The van der Waals surface area contributed by atoms with Gasteiger partial charge in [0.1, 0.15) is 0 Å². The number of halogens is 3. The minimum Gasteiger partial charge on any atom is -0.319 e. The Labute approximate surface area is 104 Å². The van der Waals surface area contributed by atoms with E-state index in [0.29, 0.717) is 12.8 Å². The number of carbonyl (C=O) groups is 1. The molecule has 0 spiro atoms. The zero-order valence-electron chi connectivity index (χ0n) is 10.3. The molecular weight excluding hydrogens is 243 g/mol. The van der Waals surface area contributed by atoms with Gasteiger partial charge < -0.3 is 5.73 Å². The molecule has 0 fully saturated rings. The first-order chi connectivity index (χ1) is 8.18. The first-order valence-electron chi connectivity index (χ1n) is 5.69. The van der Waals surface area contributed by atoms with E-state index in [9.17, 15) is 18.0 Å². The van der Waals surface area contributed by atoms with Crippen LogP contribution >= 0.6 is 0 Å². The average molecular weight is 259 g/mol.